The van der Waals surface area contributed by atoms with Crippen LogP contribution in [0.5, 0.6) is 0 Å². The number of nitrogens with one attached hydrogen (secondary N) is 1. The Hall–Kier alpha value is -4.18. The molecule has 0 fully saturated rings. The van der Waals surface area contributed by atoms with Gasteiger partial charge in [-0.25, -0.2) is 9.37 Å². The predicted octanol–water partition coefficient (Wildman–Crippen LogP) is 4.97. The van der Waals surface area contributed by atoms with E-state index in [0.717, 1.165) is 28.1 Å². The standard InChI is InChI=1S/C29H24N2O2/c32-28(33)29(25-19-11-4-12-20-25)26(23-15-7-2-8-16-23)31(21-22-13-5-1-6-14-22)27(30-29)24-17-9-3-10-18-24/h1-20,26H,21H2,(H,32,33)/p+1/t26-,29-/m1/s1. The van der Waals surface area contributed by atoms with Gasteiger partial charge in [0.1, 0.15) is 6.54 Å². The normalized spacial score (nSPS) is 19.8. The van der Waals surface area contributed by atoms with Gasteiger partial charge in [0.15, 0.2) is 6.04 Å². The summed E-state index contributed by atoms with van der Waals surface area (Å²) in [6.07, 6.45) is 0. The number of hydrogen-bond donors (Lipinski definition) is 2. The van der Waals surface area contributed by atoms with Crippen LogP contribution < -0.4 is 5.32 Å². The van der Waals surface area contributed by atoms with Crippen LogP contribution in [-0.4, -0.2) is 21.5 Å². The van der Waals surface area contributed by atoms with Crippen molar-refractivity contribution in [1.29, 1.82) is 0 Å². The smallest absolute Gasteiger partial charge is 0.361 e. The Kier molecular flexibility index (Phi) is 5.49. The molecule has 0 saturated carbocycles. The van der Waals surface area contributed by atoms with Crippen LogP contribution in [0.3, 0.4) is 0 Å². The molecule has 0 unspecified atom stereocenters. The van der Waals surface area contributed by atoms with Gasteiger partial charge in [-0.3, -0.25) is 5.32 Å². The van der Waals surface area contributed by atoms with Crippen molar-refractivity contribution in [2.24, 2.45) is 0 Å². The lowest BCUT2D eigenvalue weighted by Gasteiger charge is -2.28. The van der Waals surface area contributed by atoms with E-state index in [1.165, 1.54) is 0 Å². The first-order valence-electron chi connectivity index (χ1n) is 11.0. The molecule has 4 heteroatoms. The van der Waals surface area contributed by atoms with Crippen LogP contribution in [-0.2, 0) is 16.9 Å². The van der Waals surface area contributed by atoms with Crippen LogP contribution in [0.15, 0.2) is 121 Å². The summed E-state index contributed by atoms with van der Waals surface area (Å²) in [5.41, 5.74) is 2.37. The summed E-state index contributed by atoms with van der Waals surface area (Å²) in [5, 5.41) is 14.3. The van der Waals surface area contributed by atoms with E-state index >= 15 is 0 Å². The molecule has 0 bridgehead atoms. The van der Waals surface area contributed by atoms with Crippen LogP contribution in [0, 0.1) is 0 Å². The van der Waals surface area contributed by atoms with Gasteiger partial charge in [0.25, 0.3) is 11.4 Å². The maximum atomic E-state index is 13.2. The Labute approximate surface area is 193 Å². The average Bonchev–Trinajstić information content (AvgIpc) is 3.22. The van der Waals surface area contributed by atoms with Crippen LogP contribution in [0.2, 0.25) is 0 Å². The number of carboxylic acids is 1. The van der Waals surface area contributed by atoms with Gasteiger partial charge in [-0.15, -0.1) is 0 Å². The molecule has 0 amide bonds. The van der Waals surface area contributed by atoms with Crippen molar-refractivity contribution in [3.8, 4) is 0 Å². The number of carboxylic acid groups (broad SMARTS) is 1. The van der Waals surface area contributed by atoms with Gasteiger partial charge in [-0.1, -0.05) is 109 Å². The summed E-state index contributed by atoms with van der Waals surface area (Å²) < 4.78 is 2.20. The number of rotatable bonds is 6. The molecule has 2 N–H and O–H groups in total. The Morgan fingerprint density at radius 3 is 1.85 bits per heavy atom. The molecule has 0 aliphatic carbocycles. The Balaban J connectivity index is 1.79. The van der Waals surface area contributed by atoms with Gasteiger partial charge in [-0.05, 0) is 17.7 Å². The number of amidine groups is 1. The highest BCUT2D eigenvalue weighted by Gasteiger charge is 2.62. The zero-order valence-corrected chi connectivity index (χ0v) is 18.1. The maximum absolute atomic E-state index is 13.2. The van der Waals surface area contributed by atoms with Crippen LogP contribution in [0.25, 0.3) is 0 Å². The fourth-order valence-electron chi connectivity index (χ4n) is 4.76. The van der Waals surface area contributed by atoms with E-state index < -0.39 is 17.6 Å². The molecule has 33 heavy (non-hydrogen) atoms. The van der Waals surface area contributed by atoms with E-state index in [4.69, 9.17) is 0 Å². The van der Waals surface area contributed by atoms with Crippen molar-refractivity contribution in [3.63, 3.8) is 0 Å². The summed E-state index contributed by atoms with van der Waals surface area (Å²) in [6.45, 7) is 0.569. The third-order valence-electron chi connectivity index (χ3n) is 6.25. The first kappa shape index (κ1) is 20.7. The average molecular weight is 434 g/mol. The third-order valence-corrected chi connectivity index (χ3v) is 6.25. The highest BCUT2D eigenvalue weighted by molar-refractivity contribution is 6.01. The van der Waals surface area contributed by atoms with E-state index in [1.807, 2.05) is 109 Å². The number of benzene rings is 4. The molecule has 4 aromatic rings. The lowest BCUT2D eigenvalue weighted by atomic mass is 9.79. The second-order valence-corrected chi connectivity index (χ2v) is 8.25. The fraction of sp³-hybridized carbons (Fsp3) is 0.103. The fourth-order valence-corrected chi connectivity index (χ4v) is 4.76. The van der Waals surface area contributed by atoms with Crippen LogP contribution in [0.1, 0.15) is 28.3 Å². The minimum atomic E-state index is -1.36. The van der Waals surface area contributed by atoms with E-state index in [2.05, 4.69) is 22.0 Å². The molecule has 2 atom stereocenters. The second kappa shape index (κ2) is 8.75. The zero-order valence-electron chi connectivity index (χ0n) is 18.1. The summed E-state index contributed by atoms with van der Waals surface area (Å²) in [7, 11) is 0. The van der Waals surface area contributed by atoms with E-state index in [0.29, 0.717) is 6.54 Å². The van der Waals surface area contributed by atoms with Crippen LogP contribution >= 0.6 is 0 Å². The van der Waals surface area contributed by atoms with Crippen molar-refractivity contribution >= 4 is 11.8 Å². The molecule has 162 valence electrons. The van der Waals surface area contributed by atoms with Gasteiger partial charge in [0, 0.05) is 11.1 Å². The lowest BCUT2D eigenvalue weighted by molar-refractivity contribution is -0.586. The van der Waals surface area contributed by atoms with Crippen LogP contribution in [0.4, 0.5) is 0 Å². The van der Waals surface area contributed by atoms with E-state index in [1.54, 1.807) is 0 Å². The number of aliphatic carboxylic acids is 1. The Bertz CT molecular complexity index is 1270. The predicted molar refractivity (Wildman–Crippen MR) is 129 cm³/mol. The number of nitrogens with zero attached hydrogens (tertiary/aromatic N) is 1. The minimum absolute atomic E-state index is 0.464. The molecule has 1 aliphatic heterocycles. The van der Waals surface area contributed by atoms with Gasteiger partial charge < -0.3 is 5.11 Å². The summed E-state index contributed by atoms with van der Waals surface area (Å²) in [5.74, 6) is -0.105. The molecule has 5 rings (SSSR count). The molecule has 0 saturated heterocycles. The van der Waals surface area contributed by atoms with Gasteiger partial charge >= 0.3 is 5.97 Å². The number of hydrogen-bond acceptors (Lipinski definition) is 2. The highest BCUT2D eigenvalue weighted by Crippen LogP contribution is 2.43. The molecule has 4 nitrogen and oxygen atoms in total. The summed E-state index contributed by atoms with van der Waals surface area (Å²) in [4.78, 5) is 13.2. The Morgan fingerprint density at radius 2 is 1.27 bits per heavy atom. The van der Waals surface area contributed by atoms with Gasteiger partial charge in [0.05, 0.1) is 5.56 Å². The second-order valence-electron chi connectivity index (χ2n) is 8.25. The zero-order chi connectivity index (χ0) is 22.7. The minimum Gasteiger partial charge on any atom is -0.477 e. The highest BCUT2D eigenvalue weighted by atomic mass is 16.4. The molecule has 1 heterocycles. The summed E-state index contributed by atoms with van der Waals surface area (Å²) >= 11 is 0. The molecular weight excluding hydrogens is 408 g/mol. The van der Waals surface area contributed by atoms with Crippen molar-refractivity contribution in [3.05, 3.63) is 144 Å². The molecular formula is C29H25N2O2+. The van der Waals surface area contributed by atoms with Crippen molar-refractivity contribution in [2.45, 2.75) is 18.1 Å². The third kappa shape index (κ3) is 3.70. The monoisotopic (exact) mass is 433 g/mol. The lowest BCUT2D eigenvalue weighted by Crippen LogP contribution is -2.51. The van der Waals surface area contributed by atoms with Crippen molar-refractivity contribution in [1.82, 2.24) is 5.32 Å². The quantitative estimate of drug-likeness (QED) is 0.422. The van der Waals surface area contributed by atoms with Gasteiger partial charge in [-0.2, -0.15) is 0 Å². The molecule has 0 aromatic heterocycles. The summed E-state index contributed by atoms with van der Waals surface area (Å²) in [6, 6.07) is 39.1. The number of carbonyl (C=O) groups is 1. The first-order chi connectivity index (χ1) is 16.2. The Morgan fingerprint density at radius 1 is 0.758 bits per heavy atom. The maximum Gasteiger partial charge on any atom is 0.361 e. The molecule has 0 spiro atoms. The largest absolute Gasteiger partial charge is 0.477 e. The van der Waals surface area contributed by atoms with Crippen molar-refractivity contribution < 1.29 is 14.5 Å². The SMILES string of the molecule is O=C(O)[C@]1(c2ccccc2)NC(c2ccccc2)=[N+](Cc2ccccc2)[C@@H]1c1ccccc1. The van der Waals surface area contributed by atoms with E-state index in [-0.39, 0.29) is 0 Å². The molecule has 1 aliphatic rings. The topological polar surface area (TPSA) is 52.3 Å². The molecule has 4 aromatic carbocycles. The van der Waals surface area contributed by atoms with Crippen molar-refractivity contribution in [2.75, 3.05) is 0 Å². The van der Waals surface area contributed by atoms with Gasteiger partial charge in [0.2, 0.25) is 0 Å². The van der Waals surface area contributed by atoms with E-state index in [9.17, 15) is 9.90 Å². The first-order valence-corrected chi connectivity index (χ1v) is 11.0. The molecule has 0 radical (unpaired) electrons.